The average molecular weight is 309 g/mol. The molecule has 110 valence electrons. The van der Waals surface area contributed by atoms with Gasteiger partial charge in [-0.2, -0.15) is 0 Å². The Morgan fingerprint density at radius 1 is 1.33 bits per heavy atom. The Bertz CT molecular complexity index is 660. The molecule has 2 aromatic heterocycles. The third-order valence-corrected chi connectivity index (χ3v) is 3.26. The van der Waals surface area contributed by atoms with Gasteiger partial charge in [0, 0.05) is 6.20 Å². The second-order valence-corrected chi connectivity index (χ2v) is 4.66. The van der Waals surface area contributed by atoms with Crippen molar-refractivity contribution in [2.45, 2.75) is 16.7 Å². The highest BCUT2D eigenvalue weighted by atomic mass is 32.2. The van der Waals surface area contributed by atoms with E-state index in [9.17, 15) is 9.59 Å². The van der Waals surface area contributed by atoms with Crippen molar-refractivity contribution in [2.24, 2.45) is 0 Å². The molecule has 0 aromatic carbocycles. The van der Waals surface area contributed by atoms with Crippen LogP contribution in [0.2, 0.25) is 0 Å². The van der Waals surface area contributed by atoms with Crippen LogP contribution in [0.3, 0.4) is 0 Å². The van der Waals surface area contributed by atoms with E-state index in [1.807, 2.05) is 0 Å². The first kappa shape index (κ1) is 14.9. The fourth-order valence-corrected chi connectivity index (χ4v) is 2.13. The Balaban J connectivity index is 2.17. The van der Waals surface area contributed by atoms with E-state index in [4.69, 9.17) is 0 Å². The molecule has 2 aromatic rings. The van der Waals surface area contributed by atoms with Crippen LogP contribution in [-0.2, 0) is 20.8 Å². The van der Waals surface area contributed by atoms with Crippen molar-refractivity contribution in [1.82, 2.24) is 25.2 Å². The van der Waals surface area contributed by atoms with Gasteiger partial charge in [0.2, 0.25) is 5.16 Å². The molecule has 0 bridgehead atoms. The smallest absolute Gasteiger partial charge is 0.337 e. The van der Waals surface area contributed by atoms with E-state index in [0.29, 0.717) is 15.7 Å². The Labute approximate surface area is 123 Å². The van der Waals surface area contributed by atoms with Crippen LogP contribution in [0, 0.1) is 0 Å². The topological polar surface area (TPSA) is 109 Å². The molecule has 2 rings (SSSR count). The molecule has 0 radical (unpaired) electrons. The summed E-state index contributed by atoms with van der Waals surface area (Å²) in [6.07, 6.45) is 1.48. The molecule has 0 saturated carbocycles. The van der Waals surface area contributed by atoms with Crippen LogP contribution in [0.15, 0.2) is 28.5 Å². The summed E-state index contributed by atoms with van der Waals surface area (Å²) < 4.78 is 10.5. The van der Waals surface area contributed by atoms with Gasteiger partial charge in [0.05, 0.1) is 19.8 Å². The molecule has 0 aliphatic rings. The van der Waals surface area contributed by atoms with Gasteiger partial charge in [0.15, 0.2) is 0 Å². The Morgan fingerprint density at radius 2 is 2.14 bits per heavy atom. The Kier molecular flexibility index (Phi) is 4.82. The lowest BCUT2D eigenvalue weighted by atomic mass is 10.3. The number of carbonyl (C=O) groups is 2. The monoisotopic (exact) mass is 309 g/mol. The number of ether oxygens (including phenoxy) is 2. The van der Waals surface area contributed by atoms with Crippen molar-refractivity contribution in [3.05, 3.63) is 23.9 Å². The maximum Gasteiger partial charge on any atom is 0.337 e. The van der Waals surface area contributed by atoms with Gasteiger partial charge in [-0.05, 0) is 34.3 Å². The molecule has 21 heavy (non-hydrogen) atoms. The summed E-state index contributed by atoms with van der Waals surface area (Å²) in [4.78, 5) is 26.8. The molecule has 9 nitrogen and oxygen atoms in total. The van der Waals surface area contributed by atoms with Crippen LogP contribution in [0.25, 0.3) is 0 Å². The molecule has 0 amide bonds. The molecule has 0 spiro atoms. The van der Waals surface area contributed by atoms with Gasteiger partial charge >= 0.3 is 11.9 Å². The van der Waals surface area contributed by atoms with Crippen molar-refractivity contribution in [3.63, 3.8) is 0 Å². The molecule has 0 N–H and O–H groups in total. The van der Waals surface area contributed by atoms with Gasteiger partial charge < -0.3 is 9.47 Å². The lowest BCUT2D eigenvalue weighted by Gasteiger charge is -2.03. The lowest BCUT2D eigenvalue weighted by Crippen LogP contribution is -2.13. The first-order valence-corrected chi connectivity index (χ1v) is 6.51. The minimum Gasteiger partial charge on any atom is -0.468 e. The molecule has 0 aliphatic carbocycles. The van der Waals surface area contributed by atoms with Gasteiger partial charge in [-0.3, -0.25) is 4.79 Å². The van der Waals surface area contributed by atoms with E-state index in [0.717, 1.165) is 11.8 Å². The van der Waals surface area contributed by atoms with E-state index >= 15 is 0 Å². The van der Waals surface area contributed by atoms with Crippen molar-refractivity contribution < 1.29 is 19.1 Å². The zero-order valence-corrected chi connectivity index (χ0v) is 12.0. The zero-order valence-electron chi connectivity index (χ0n) is 11.2. The molecular weight excluding hydrogens is 298 g/mol. The van der Waals surface area contributed by atoms with Gasteiger partial charge in [-0.1, -0.05) is 0 Å². The highest BCUT2D eigenvalue weighted by molar-refractivity contribution is 7.99. The number of rotatable bonds is 5. The maximum atomic E-state index is 11.5. The number of nitrogens with zero attached hydrogens (tertiary/aromatic N) is 5. The summed E-state index contributed by atoms with van der Waals surface area (Å²) >= 11 is 1.12. The number of pyridine rings is 1. The molecule has 0 aliphatic heterocycles. The summed E-state index contributed by atoms with van der Waals surface area (Å²) in [5, 5.41) is 11.8. The fourth-order valence-electron chi connectivity index (χ4n) is 1.36. The largest absolute Gasteiger partial charge is 0.468 e. The van der Waals surface area contributed by atoms with Gasteiger partial charge in [-0.25, -0.2) is 14.5 Å². The van der Waals surface area contributed by atoms with Gasteiger partial charge in [-0.15, -0.1) is 5.10 Å². The van der Waals surface area contributed by atoms with Crippen molar-refractivity contribution >= 4 is 23.7 Å². The van der Waals surface area contributed by atoms with Crippen LogP contribution in [0.4, 0.5) is 0 Å². The summed E-state index contributed by atoms with van der Waals surface area (Å²) in [7, 11) is 2.58. The third kappa shape index (κ3) is 3.75. The summed E-state index contributed by atoms with van der Waals surface area (Å²) in [6.45, 7) is -0.109. The zero-order chi connectivity index (χ0) is 15.2. The summed E-state index contributed by atoms with van der Waals surface area (Å²) in [5.74, 6) is -0.936. The number of aromatic nitrogens is 5. The number of esters is 2. The van der Waals surface area contributed by atoms with Crippen molar-refractivity contribution in [3.8, 4) is 0 Å². The number of carbonyl (C=O) groups excluding carboxylic acids is 2. The van der Waals surface area contributed by atoms with Crippen LogP contribution in [-0.4, -0.2) is 51.3 Å². The molecule has 2 heterocycles. The van der Waals surface area contributed by atoms with Crippen molar-refractivity contribution in [2.75, 3.05) is 14.2 Å². The first-order valence-electron chi connectivity index (χ1n) is 5.69. The third-order valence-electron chi connectivity index (χ3n) is 2.36. The minimum absolute atomic E-state index is 0.109. The molecule has 0 unspecified atom stereocenters. The van der Waals surface area contributed by atoms with Gasteiger partial charge in [0.1, 0.15) is 11.6 Å². The average Bonchev–Trinajstić information content (AvgIpc) is 2.93. The molecule has 0 atom stereocenters. The van der Waals surface area contributed by atoms with Crippen LogP contribution in [0.1, 0.15) is 10.4 Å². The molecule has 0 fully saturated rings. The van der Waals surface area contributed by atoms with E-state index in [-0.39, 0.29) is 6.54 Å². The maximum absolute atomic E-state index is 11.5. The lowest BCUT2D eigenvalue weighted by molar-refractivity contribution is -0.141. The van der Waals surface area contributed by atoms with Crippen LogP contribution < -0.4 is 0 Å². The highest BCUT2D eigenvalue weighted by Gasteiger charge is 2.14. The quantitative estimate of drug-likeness (QED) is 0.714. The van der Waals surface area contributed by atoms with E-state index in [1.165, 1.54) is 31.2 Å². The summed E-state index contributed by atoms with van der Waals surface area (Å²) in [5.41, 5.74) is 0.363. The molecule has 10 heteroatoms. The number of hydrogen-bond acceptors (Lipinski definition) is 9. The SMILES string of the molecule is COC(=O)Cn1nnnc1Sc1cc(C(=O)OC)ccn1. The number of tetrazole rings is 1. The minimum atomic E-state index is -0.472. The Hall–Kier alpha value is -2.49. The molecular formula is C11H11N5O4S. The second-order valence-electron chi connectivity index (χ2n) is 3.67. The van der Waals surface area contributed by atoms with Crippen LogP contribution in [0.5, 0.6) is 0 Å². The normalized spacial score (nSPS) is 10.2. The second kappa shape index (κ2) is 6.79. The van der Waals surface area contributed by atoms with E-state index < -0.39 is 11.9 Å². The predicted molar refractivity (Wildman–Crippen MR) is 69.5 cm³/mol. The summed E-state index contributed by atoms with van der Waals surface area (Å²) in [6, 6.07) is 3.08. The Morgan fingerprint density at radius 3 is 2.86 bits per heavy atom. The number of methoxy groups -OCH3 is 2. The fraction of sp³-hybridized carbons (Fsp3) is 0.273. The van der Waals surface area contributed by atoms with Crippen LogP contribution >= 0.6 is 11.8 Å². The van der Waals surface area contributed by atoms with E-state index in [2.05, 4.69) is 30.0 Å². The predicted octanol–water partition coefficient (Wildman–Crippen LogP) is 0.179. The number of hydrogen-bond donors (Lipinski definition) is 0. The van der Waals surface area contributed by atoms with Crippen molar-refractivity contribution in [1.29, 1.82) is 0 Å². The highest BCUT2D eigenvalue weighted by Crippen LogP contribution is 2.24. The molecule has 0 saturated heterocycles. The standard InChI is InChI=1S/C11H11N5O4S/c1-19-9(17)6-16-11(13-14-15-16)21-8-5-7(3-4-12-8)10(18)20-2/h3-5H,6H2,1-2H3. The first-order chi connectivity index (χ1) is 10.1. The van der Waals surface area contributed by atoms with Gasteiger partial charge in [0.25, 0.3) is 0 Å². The van der Waals surface area contributed by atoms with E-state index in [1.54, 1.807) is 6.07 Å².